The molecule has 0 aliphatic carbocycles. The summed E-state index contributed by atoms with van der Waals surface area (Å²) in [4.78, 5) is 21.2. The zero-order valence-electron chi connectivity index (χ0n) is 20.1. The summed E-state index contributed by atoms with van der Waals surface area (Å²) < 4.78 is 21.9. The molecule has 37 heavy (non-hydrogen) atoms. The number of nitrogens with zero attached hydrogens (tertiary/aromatic N) is 4. The van der Waals surface area contributed by atoms with Crippen molar-refractivity contribution in [2.24, 2.45) is 0 Å². The number of halogens is 1. The molecule has 2 aromatic carbocycles. The third-order valence-corrected chi connectivity index (χ3v) is 5.57. The van der Waals surface area contributed by atoms with Crippen LogP contribution in [0.4, 0.5) is 26.5 Å². The SMILES string of the molecule is CC(C)c1cc(NC(=O)Nc2cc(Oc3ccc(N)nc3)ccc2F)n(-c2ccc3ncccc3c2)n1. The molecular weight excluding hydrogens is 473 g/mol. The smallest absolute Gasteiger partial charge is 0.324 e. The van der Waals surface area contributed by atoms with Crippen molar-refractivity contribution >= 4 is 34.3 Å². The second kappa shape index (κ2) is 9.94. The van der Waals surface area contributed by atoms with Gasteiger partial charge in [-0.2, -0.15) is 5.10 Å². The topological polar surface area (TPSA) is 120 Å². The quantitative estimate of drug-likeness (QED) is 0.261. The molecule has 3 aromatic heterocycles. The van der Waals surface area contributed by atoms with Crippen LogP contribution in [0.3, 0.4) is 0 Å². The largest absolute Gasteiger partial charge is 0.456 e. The molecule has 186 valence electrons. The molecule has 0 saturated heterocycles. The molecule has 0 aliphatic rings. The second-order valence-electron chi connectivity index (χ2n) is 8.64. The Morgan fingerprint density at radius 3 is 2.62 bits per heavy atom. The van der Waals surface area contributed by atoms with Gasteiger partial charge >= 0.3 is 6.03 Å². The highest BCUT2D eigenvalue weighted by atomic mass is 19.1. The minimum absolute atomic E-state index is 0.0506. The number of amides is 2. The molecule has 0 bridgehead atoms. The van der Waals surface area contributed by atoms with Crippen LogP contribution in [0.25, 0.3) is 16.6 Å². The molecule has 4 N–H and O–H groups in total. The lowest BCUT2D eigenvalue weighted by Crippen LogP contribution is -2.22. The number of benzene rings is 2. The van der Waals surface area contributed by atoms with Gasteiger partial charge in [0.2, 0.25) is 0 Å². The molecule has 0 unspecified atom stereocenters. The Balaban J connectivity index is 1.38. The maximum atomic E-state index is 14.5. The lowest BCUT2D eigenvalue weighted by molar-refractivity contribution is 0.262. The van der Waals surface area contributed by atoms with Crippen molar-refractivity contribution in [1.82, 2.24) is 19.7 Å². The van der Waals surface area contributed by atoms with E-state index in [2.05, 4.69) is 25.7 Å². The molecule has 0 fully saturated rings. The standard InChI is InChI=1S/C27H24FN7O2/c1-16(2)23-14-26(35(34-23)18-5-9-22-17(12-18)4-3-11-30-22)33-27(36)32-24-13-19(6-8-21(24)28)37-20-7-10-25(29)31-15-20/h3-16H,1-2H3,(H2,29,31)(H2,32,33,36). The van der Waals surface area contributed by atoms with Crippen LogP contribution in [0.2, 0.25) is 0 Å². The number of fused-ring (bicyclic) bond motifs is 1. The van der Waals surface area contributed by atoms with Gasteiger partial charge in [0.05, 0.1) is 28.8 Å². The van der Waals surface area contributed by atoms with Gasteiger partial charge in [-0.3, -0.25) is 10.3 Å². The molecule has 10 heteroatoms. The molecule has 0 spiro atoms. The molecule has 0 atom stereocenters. The van der Waals surface area contributed by atoms with Crippen molar-refractivity contribution in [3.8, 4) is 17.2 Å². The number of rotatable bonds is 6. The van der Waals surface area contributed by atoms with Gasteiger partial charge in [-0.25, -0.2) is 18.9 Å². The fraction of sp³-hybridized carbons (Fsp3) is 0.111. The van der Waals surface area contributed by atoms with Crippen molar-refractivity contribution in [2.75, 3.05) is 16.4 Å². The third kappa shape index (κ3) is 5.32. The van der Waals surface area contributed by atoms with Gasteiger partial charge in [-0.05, 0) is 54.4 Å². The van der Waals surface area contributed by atoms with E-state index in [1.165, 1.54) is 24.4 Å². The highest BCUT2D eigenvalue weighted by molar-refractivity contribution is 5.99. The van der Waals surface area contributed by atoms with Gasteiger partial charge in [0.1, 0.15) is 29.0 Å². The van der Waals surface area contributed by atoms with E-state index in [-0.39, 0.29) is 11.6 Å². The van der Waals surface area contributed by atoms with Gasteiger partial charge in [0, 0.05) is 23.7 Å². The minimum Gasteiger partial charge on any atom is -0.456 e. The number of carbonyl (C=O) groups excluding carboxylic acids is 1. The normalized spacial score (nSPS) is 11.0. The van der Waals surface area contributed by atoms with Gasteiger partial charge in [0.25, 0.3) is 0 Å². The summed E-state index contributed by atoms with van der Waals surface area (Å²) in [5.74, 6) is 1.04. The van der Waals surface area contributed by atoms with E-state index in [4.69, 9.17) is 10.5 Å². The highest BCUT2D eigenvalue weighted by Crippen LogP contribution is 2.28. The Morgan fingerprint density at radius 2 is 1.84 bits per heavy atom. The van der Waals surface area contributed by atoms with Crippen LogP contribution in [0.5, 0.6) is 11.5 Å². The number of carbonyl (C=O) groups is 1. The summed E-state index contributed by atoms with van der Waals surface area (Å²) in [5, 5.41) is 10.9. The van der Waals surface area contributed by atoms with Crippen molar-refractivity contribution in [3.05, 3.63) is 90.6 Å². The number of aromatic nitrogens is 4. The average molecular weight is 498 g/mol. The second-order valence-corrected chi connectivity index (χ2v) is 8.64. The molecule has 2 amide bonds. The first kappa shape index (κ1) is 23.7. The average Bonchev–Trinajstić information content (AvgIpc) is 3.31. The lowest BCUT2D eigenvalue weighted by atomic mass is 10.1. The predicted molar refractivity (Wildman–Crippen MR) is 141 cm³/mol. The van der Waals surface area contributed by atoms with E-state index in [0.29, 0.717) is 23.1 Å². The molecule has 5 aromatic rings. The number of nitrogen functional groups attached to an aromatic ring is 1. The summed E-state index contributed by atoms with van der Waals surface area (Å²) in [6.45, 7) is 4.02. The zero-order chi connectivity index (χ0) is 25.9. The van der Waals surface area contributed by atoms with E-state index in [1.807, 2.05) is 44.2 Å². The Bertz CT molecular complexity index is 1580. The molecule has 9 nitrogen and oxygen atoms in total. The predicted octanol–water partition coefficient (Wildman–Crippen LogP) is 6.10. The van der Waals surface area contributed by atoms with Crippen LogP contribution >= 0.6 is 0 Å². The number of anilines is 3. The number of pyridine rings is 2. The molecule has 0 radical (unpaired) electrons. The Hall–Kier alpha value is -4.99. The van der Waals surface area contributed by atoms with E-state index in [0.717, 1.165) is 22.3 Å². The number of hydrogen-bond donors (Lipinski definition) is 3. The first-order valence-corrected chi connectivity index (χ1v) is 11.6. The van der Waals surface area contributed by atoms with Gasteiger partial charge in [0.15, 0.2) is 0 Å². The van der Waals surface area contributed by atoms with Crippen molar-refractivity contribution < 1.29 is 13.9 Å². The molecule has 3 heterocycles. The van der Waals surface area contributed by atoms with E-state index < -0.39 is 11.8 Å². The third-order valence-electron chi connectivity index (χ3n) is 5.57. The Labute approximate surface area is 212 Å². The fourth-order valence-electron chi connectivity index (χ4n) is 3.68. The van der Waals surface area contributed by atoms with Gasteiger partial charge in [-0.1, -0.05) is 19.9 Å². The van der Waals surface area contributed by atoms with Crippen LogP contribution in [0.1, 0.15) is 25.5 Å². The van der Waals surface area contributed by atoms with E-state index >= 15 is 0 Å². The molecule has 0 aliphatic heterocycles. The summed E-state index contributed by atoms with van der Waals surface area (Å²) in [7, 11) is 0. The Kier molecular flexibility index (Phi) is 6.38. The first-order valence-electron chi connectivity index (χ1n) is 11.6. The first-order chi connectivity index (χ1) is 17.9. The van der Waals surface area contributed by atoms with Crippen LogP contribution in [0, 0.1) is 5.82 Å². The summed E-state index contributed by atoms with van der Waals surface area (Å²) >= 11 is 0. The van der Waals surface area contributed by atoms with Gasteiger partial charge in [-0.15, -0.1) is 0 Å². The zero-order valence-corrected chi connectivity index (χ0v) is 20.1. The van der Waals surface area contributed by atoms with Crippen LogP contribution in [0.15, 0.2) is 79.1 Å². The number of urea groups is 1. The Morgan fingerprint density at radius 1 is 1.00 bits per heavy atom. The summed E-state index contributed by atoms with van der Waals surface area (Å²) in [6.07, 6.45) is 3.19. The molecule has 0 saturated carbocycles. The number of ether oxygens (including phenoxy) is 1. The van der Waals surface area contributed by atoms with Crippen LogP contribution in [-0.2, 0) is 0 Å². The number of hydrogen-bond acceptors (Lipinski definition) is 6. The van der Waals surface area contributed by atoms with E-state index in [9.17, 15) is 9.18 Å². The summed E-state index contributed by atoms with van der Waals surface area (Å²) in [5.41, 5.74) is 7.93. The highest BCUT2D eigenvalue weighted by Gasteiger charge is 2.16. The molecular formula is C27H24FN7O2. The lowest BCUT2D eigenvalue weighted by Gasteiger charge is -2.12. The maximum absolute atomic E-state index is 14.5. The van der Waals surface area contributed by atoms with Crippen molar-refractivity contribution in [3.63, 3.8) is 0 Å². The number of nitrogens with two attached hydrogens (primary N) is 1. The number of nitrogens with one attached hydrogen (secondary N) is 2. The fourth-order valence-corrected chi connectivity index (χ4v) is 3.68. The maximum Gasteiger partial charge on any atom is 0.324 e. The molecule has 5 rings (SSSR count). The van der Waals surface area contributed by atoms with Crippen LogP contribution < -0.4 is 21.1 Å². The van der Waals surface area contributed by atoms with Crippen molar-refractivity contribution in [2.45, 2.75) is 19.8 Å². The minimum atomic E-state index is -0.635. The van der Waals surface area contributed by atoms with Crippen molar-refractivity contribution in [1.29, 1.82) is 0 Å². The van der Waals surface area contributed by atoms with Crippen LogP contribution in [-0.4, -0.2) is 25.8 Å². The summed E-state index contributed by atoms with van der Waals surface area (Å²) in [6, 6.07) is 18.0. The monoisotopic (exact) mass is 497 g/mol. The van der Waals surface area contributed by atoms with Gasteiger partial charge < -0.3 is 15.8 Å². The van der Waals surface area contributed by atoms with E-state index in [1.54, 1.807) is 29.1 Å².